The molecule has 3 rings (SSSR count). The number of hydrogen-bond donors (Lipinski definition) is 3. The molecular formula is C22H23ClN4O5. The molecule has 168 valence electrons. The minimum atomic E-state index is -0.815. The second kappa shape index (κ2) is 10.7. The molecule has 0 saturated carbocycles. The van der Waals surface area contributed by atoms with E-state index in [0.717, 1.165) is 10.5 Å². The van der Waals surface area contributed by atoms with Crippen molar-refractivity contribution in [2.45, 2.75) is 31.8 Å². The summed E-state index contributed by atoms with van der Waals surface area (Å²) in [6, 6.07) is 14.4. The molecule has 1 unspecified atom stereocenters. The van der Waals surface area contributed by atoms with Crippen LogP contribution in [0.3, 0.4) is 0 Å². The van der Waals surface area contributed by atoms with Crippen LogP contribution in [0.4, 0.5) is 10.5 Å². The third-order valence-corrected chi connectivity index (χ3v) is 5.29. The lowest BCUT2D eigenvalue weighted by molar-refractivity contribution is -0.129. The van der Waals surface area contributed by atoms with Crippen molar-refractivity contribution in [3.63, 3.8) is 0 Å². The summed E-state index contributed by atoms with van der Waals surface area (Å²) in [6.07, 6.45) is 0.0390. The van der Waals surface area contributed by atoms with Crippen molar-refractivity contribution in [3.05, 3.63) is 65.2 Å². The van der Waals surface area contributed by atoms with Crippen LogP contribution in [0.25, 0.3) is 0 Å². The molecule has 0 radical (unpaired) electrons. The van der Waals surface area contributed by atoms with Gasteiger partial charge in [0, 0.05) is 31.0 Å². The van der Waals surface area contributed by atoms with E-state index < -0.39 is 23.9 Å². The molecule has 1 atom stereocenters. The quantitative estimate of drug-likeness (QED) is 0.303. The summed E-state index contributed by atoms with van der Waals surface area (Å²) in [5.41, 5.74) is 2.75. The van der Waals surface area contributed by atoms with E-state index >= 15 is 0 Å². The summed E-state index contributed by atoms with van der Waals surface area (Å²) in [7, 11) is 0. The minimum absolute atomic E-state index is 0.00974. The van der Waals surface area contributed by atoms with E-state index in [0.29, 0.717) is 10.7 Å². The van der Waals surface area contributed by atoms with Gasteiger partial charge in [-0.3, -0.25) is 19.6 Å². The van der Waals surface area contributed by atoms with E-state index in [-0.39, 0.29) is 38.3 Å². The summed E-state index contributed by atoms with van der Waals surface area (Å²) in [6.45, 7) is 0.270. The smallest absolute Gasteiger partial charge is 0.332 e. The molecule has 0 bridgehead atoms. The Kier molecular flexibility index (Phi) is 7.80. The number of amides is 5. The second-order valence-electron chi connectivity index (χ2n) is 7.24. The van der Waals surface area contributed by atoms with E-state index in [9.17, 15) is 19.2 Å². The van der Waals surface area contributed by atoms with Gasteiger partial charge >= 0.3 is 6.03 Å². The van der Waals surface area contributed by atoms with Gasteiger partial charge in [-0.25, -0.2) is 15.2 Å². The lowest BCUT2D eigenvalue weighted by atomic mass is 10.1. The molecule has 0 spiro atoms. The molecule has 1 aliphatic heterocycles. The van der Waals surface area contributed by atoms with E-state index in [1.54, 1.807) is 24.3 Å². The first-order valence-electron chi connectivity index (χ1n) is 10.0. The Morgan fingerprint density at radius 2 is 1.66 bits per heavy atom. The third-order valence-electron chi connectivity index (χ3n) is 5.04. The first-order valence-corrected chi connectivity index (χ1v) is 10.4. The van der Waals surface area contributed by atoms with Gasteiger partial charge in [0.2, 0.25) is 11.8 Å². The molecule has 1 heterocycles. The number of anilines is 1. The van der Waals surface area contributed by atoms with E-state index in [1.165, 1.54) is 10.4 Å². The first-order chi connectivity index (χ1) is 15.4. The van der Waals surface area contributed by atoms with Crippen LogP contribution in [0.1, 0.15) is 24.8 Å². The van der Waals surface area contributed by atoms with Gasteiger partial charge in [-0.2, -0.15) is 0 Å². The maximum Gasteiger partial charge on any atom is 0.332 e. The first kappa shape index (κ1) is 23.2. The zero-order chi connectivity index (χ0) is 23.1. The number of benzene rings is 2. The van der Waals surface area contributed by atoms with Crippen LogP contribution in [0.5, 0.6) is 0 Å². The van der Waals surface area contributed by atoms with Crippen molar-refractivity contribution < 1.29 is 24.4 Å². The van der Waals surface area contributed by atoms with Gasteiger partial charge in [0.1, 0.15) is 6.04 Å². The van der Waals surface area contributed by atoms with E-state index in [4.69, 9.17) is 16.8 Å². The fourth-order valence-corrected chi connectivity index (χ4v) is 3.56. The van der Waals surface area contributed by atoms with Crippen molar-refractivity contribution in [1.29, 1.82) is 0 Å². The molecule has 5 amide bonds. The monoisotopic (exact) mass is 458 g/mol. The van der Waals surface area contributed by atoms with E-state index in [2.05, 4.69) is 5.32 Å². The van der Waals surface area contributed by atoms with Crippen LogP contribution in [0.2, 0.25) is 5.02 Å². The zero-order valence-corrected chi connectivity index (χ0v) is 17.9. The van der Waals surface area contributed by atoms with Crippen LogP contribution >= 0.6 is 11.6 Å². The van der Waals surface area contributed by atoms with Crippen molar-refractivity contribution in [1.82, 2.24) is 15.7 Å². The van der Waals surface area contributed by atoms with Crippen LogP contribution in [-0.2, 0) is 20.9 Å². The van der Waals surface area contributed by atoms with Crippen LogP contribution in [-0.4, -0.2) is 46.4 Å². The molecule has 0 aromatic heterocycles. The summed E-state index contributed by atoms with van der Waals surface area (Å²) in [5.74, 6) is -1.39. The Hall–Kier alpha value is -3.43. The highest BCUT2D eigenvalue weighted by Crippen LogP contribution is 2.29. The minimum Gasteiger partial charge on any atom is -0.356 e. The predicted octanol–water partition coefficient (Wildman–Crippen LogP) is 2.47. The Balaban J connectivity index is 1.73. The molecule has 2 aromatic rings. The van der Waals surface area contributed by atoms with Crippen LogP contribution in [0.15, 0.2) is 54.6 Å². The average Bonchev–Trinajstić information content (AvgIpc) is 3.02. The molecule has 2 aromatic carbocycles. The summed E-state index contributed by atoms with van der Waals surface area (Å²) >= 11 is 5.93. The normalized spacial score (nSPS) is 15.8. The molecule has 1 saturated heterocycles. The second-order valence-corrected chi connectivity index (χ2v) is 7.67. The summed E-state index contributed by atoms with van der Waals surface area (Å²) < 4.78 is 0. The van der Waals surface area contributed by atoms with Gasteiger partial charge in [0.05, 0.1) is 5.69 Å². The maximum atomic E-state index is 13.2. The average molecular weight is 459 g/mol. The van der Waals surface area contributed by atoms with Crippen molar-refractivity contribution in [2.75, 3.05) is 11.4 Å². The molecule has 3 N–H and O–H groups in total. The largest absolute Gasteiger partial charge is 0.356 e. The van der Waals surface area contributed by atoms with Gasteiger partial charge in [0.25, 0.3) is 5.91 Å². The van der Waals surface area contributed by atoms with Gasteiger partial charge in [0.15, 0.2) is 0 Å². The van der Waals surface area contributed by atoms with E-state index in [1.807, 2.05) is 30.3 Å². The van der Waals surface area contributed by atoms with Crippen molar-refractivity contribution in [2.24, 2.45) is 0 Å². The molecule has 32 heavy (non-hydrogen) atoms. The molecule has 0 aliphatic carbocycles. The predicted molar refractivity (Wildman–Crippen MR) is 117 cm³/mol. The number of nitrogens with zero attached hydrogens (tertiary/aromatic N) is 2. The Morgan fingerprint density at radius 1 is 0.969 bits per heavy atom. The van der Waals surface area contributed by atoms with Crippen LogP contribution < -0.4 is 15.7 Å². The highest BCUT2D eigenvalue weighted by molar-refractivity contribution is 6.30. The lowest BCUT2D eigenvalue weighted by Crippen LogP contribution is -2.36. The van der Waals surface area contributed by atoms with Gasteiger partial charge < -0.3 is 10.2 Å². The molecule has 1 aliphatic rings. The number of rotatable bonds is 9. The summed E-state index contributed by atoms with van der Waals surface area (Å²) in [5, 5.41) is 11.5. The molecule has 9 nitrogen and oxygen atoms in total. The Morgan fingerprint density at radius 3 is 2.31 bits per heavy atom. The molecule has 1 fully saturated rings. The van der Waals surface area contributed by atoms with Crippen LogP contribution in [0, 0.1) is 0 Å². The number of hydrogen-bond acceptors (Lipinski definition) is 5. The topological polar surface area (TPSA) is 119 Å². The van der Waals surface area contributed by atoms with Crippen molar-refractivity contribution >= 4 is 41.0 Å². The zero-order valence-electron chi connectivity index (χ0n) is 17.2. The fraction of sp³-hybridized carbons (Fsp3) is 0.273. The highest BCUT2D eigenvalue weighted by atomic mass is 35.5. The highest BCUT2D eigenvalue weighted by Gasteiger charge is 2.45. The third kappa shape index (κ3) is 5.63. The SMILES string of the molecule is O=C(CCNC(=O)CCC1C(=O)N(c2ccc(Cl)cc2)C(=O)N1Cc1ccccc1)NO. The Labute approximate surface area is 189 Å². The molecular weight excluding hydrogens is 436 g/mol. The van der Waals surface area contributed by atoms with Gasteiger partial charge in [-0.05, 0) is 36.2 Å². The number of nitrogens with one attached hydrogen (secondary N) is 2. The van der Waals surface area contributed by atoms with Gasteiger partial charge in [-0.1, -0.05) is 41.9 Å². The Bertz CT molecular complexity index is 984. The number of urea groups is 1. The lowest BCUT2D eigenvalue weighted by Gasteiger charge is -2.21. The number of carbonyl (C=O) groups excluding carboxylic acids is 4. The number of imide groups is 1. The summed E-state index contributed by atoms with van der Waals surface area (Å²) in [4.78, 5) is 52.1. The standard InChI is InChI=1S/C22H23ClN4O5/c23-16-6-8-17(9-7-16)27-21(30)18(10-11-19(28)24-13-12-20(29)25-32)26(22(27)31)14-15-4-2-1-3-5-15/h1-9,18,32H,10-14H2,(H,24,28)(H,25,29). The maximum absolute atomic E-state index is 13.2. The number of carbonyl (C=O) groups is 4. The number of hydroxylamine groups is 1. The fourth-order valence-electron chi connectivity index (χ4n) is 3.43. The van der Waals surface area contributed by atoms with Gasteiger partial charge in [-0.15, -0.1) is 0 Å². The number of halogens is 1. The van der Waals surface area contributed by atoms with Crippen molar-refractivity contribution in [3.8, 4) is 0 Å². The molecule has 10 heteroatoms.